The van der Waals surface area contributed by atoms with Gasteiger partial charge in [-0.25, -0.2) is 0 Å². The van der Waals surface area contributed by atoms with Gasteiger partial charge in [-0.1, -0.05) is 130 Å². The summed E-state index contributed by atoms with van der Waals surface area (Å²) in [6, 6.07) is 0. The van der Waals surface area contributed by atoms with Crippen LogP contribution in [0.15, 0.2) is 12.2 Å². The minimum absolute atomic E-state index is 0.260. The van der Waals surface area contributed by atoms with Crippen LogP contribution in [0.1, 0.15) is 175 Å². The van der Waals surface area contributed by atoms with E-state index >= 15 is 0 Å². The van der Waals surface area contributed by atoms with Crippen LogP contribution in [0.3, 0.4) is 0 Å². The Hall–Kier alpha value is -1.89. The number of rotatable bonds is 34. The average Bonchev–Trinajstić information content (AvgIpc) is 3.03. The van der Waals surface area contributed by atoms with Gasteiger partial charge in [0.25, 0.3) is 0 Å². The fourth-order valence-electron chi connectivity index (χ4n) is 6.80. The van der Waals surface area contributed by atoms with Crippen LogP contribution >= 0.6 is 0 Å². The molecule has 0 fully saturated rings. The molecule has 3 atom stereocenters. The summed E-state index contributed by atoms with van der Waals surface area (Å²) < 4.78 is 0.260. The van der Waals surface area contributed by atoms with E-state index in [1.807, 2.05) is 20.8 Å². The zero-order chi connectivity index (χ0) is 34.5. The summed E-state index contributed by atoms with van der Waals surface area (Å²) in [5.41, 5.74) is 0. The Labute approximate surface area is 283 Å². The first-order chi connectivity index (χ1) is 22.2. The third-order valence-electron chi connectivity index (χ3n) is 9.99. The normalized spacial score (nSPS) is 15.0. The van der Waals surface area contributed by atoms with Gasteiger partial charge in [-0.2, -0.15) is 0 Å². The minimum atomic E-state index is -0.886. The molecule has 0 spiro atoms. The number of carboxylic acids is 3. The predicted molar refractivity (Wildman–Crippen MR) is 191 cm³/mol. The highest BCUT2D eigenvalue weighted by Crippen LogP contribution is 2.25. The van der Waals surface area contributed by atoms with Crippen molar-refractivity contribution in [3.8, 4) is 0 Å². The molecule has 0 aromatic rings. The lowest BCUT2D eigenvalue weighted by Crippen LogP contribution is -2.58. The number of unbranched alkanes of at least 4 members (excludes halogenated alkanes) is 18. The number of hydrogen-bond acceptors (Lipinski definition) is 3. The van der Waals surface area contributed by atoms with Crippen LogP contribution in [0, 0.1) is 17.8 Å². The number of hydrogen-bond donors (Lipinski definition) is 3. The smallest absolute Gasteiger partial charge is 0.312 e. The molecule has 0 aromatic heterocycles. The Morgan fingerprint density at radius 2 is 0.739 bits per heavy atom. The van der Waals surface area contributed by atoms with Crippen LogP contribution in [0.2, 0.25) is 0 Å². The Morgan fingerprint density at radius 1 is 0.457 bits per heavy atom. The van der Waals surface area contributed by atoms with Crippen LogP contribution in [-0.4, -0.2) is 63.9 Å². The lowest BCUT2D eigenvalue weighted by Gasteiger charge is -2.43. The van der Waals surface area contributed by atoms with Crippen molar-refractivity contribution >= 4 is 17.9 Å². The second kappa shape index (κ2) is 29.3. The topological polar surface area (TPSA) is 112 Å². The number of quaternary nitrogens is 1. The molecule has 7 nitrogen and oxygen atoms in total. The standard InChI is InChI=1S/C39H73NO6/c1-5-9-10-11-12-13-14-15-16-17-18-19-20-21-22-23-24-25-26-27-28-29-30-40(31-34(6-2)37(41)42,32-35(7-3)38(43)44)33-36(8-4)39(45)46/h15-16,34-36H,5-14,17-33H2,1-4H3,(H2-,41,42,43,44,45,46)/p+1/b16-15+. The van der Waals surface area contributed by atoms with Crippen LogP contribution in [0.4, 0.5) is 0 Å². The summed E-state index contributed by atoms with van der Waals surface area (Å²) in [4.78, 5) is 36.0. The maximum absolute atomic E-state index is 12.0. The average molecular weight is 653 g/mol. The van der Waals surface area contributed by atoms with E-state index in [0.717, 1.165) is 19.3 Å². The van der Waals surface area contributed by atoms with Gasteiger partial charge in [0, 0.05) is 0 Å². The molecule has 0 bridgehead atoms. The molecule has 0 saturated heterocycles. The third kappa shape index (κ3) is 22.6. The number of carboxylic acid groups (broad SMARTS) is 3. The van der Waals surface area contributed by atoms with Crippen molar-refractivity contribution in [1.29, 1.82) is 0 Å². The van der Waals surface area contributed by atoms with Crippen molar-refractivity contribution in [3.63, 3.8) is 0 Å². The lowest BCUT2D eigenvalue weighted by molar-refractivity contribution is -0.935. The molecule has 0 aliphatic heterocycles. The summed E-state index contributed by atoms with van der Waals surface area (Å²) in [7, 11) is 0. The van der Waals surface area contributed by atoms with E-state index in [4.69, 9.17) is 0 Å². The van der Waals surface area contributed by atoms with Gasteiger partial charge in [-0.15, -0.1) is 0 Å². The first kappa shape index (κ1) is 44.1. The van der Waals surface area contributed by atoms with Crippen LogP contribution in [-0.2, 0) is 14.4 Å². The number of aliphatic carboxylic acids is 3. The van der Waals surface area contributed by atoms with E-state index in [0.29, 0.717) is 25.8 Å². The van der Waals surface area contributed by atoms with Crippen molar-refractivity contribution in [2.75, 3.05) is 26.2 Å². The number of carbonyl (C=O) groups is 3. The van der Waals surface area contributed by atoms with E-state index in [2.05, 4.69) is 19.1 Å². The third-order valence-corrected chi connectivity index (χ3v) is 9.99. The van der Waals surface area contributed by atoms with E-state index in [1.54, 1.807) is 0 Å². The zero-order valence-corrected chi connectivity index (χ0v) is 30.5. The van der Waals surface area contributed by atoms with E-state index in [-0.39, 0.29) is 24.1 Å². The fourth-order valence-corrected chi connectivity index (χ4v) is 6.80. The molecular weight excluding hydrogens is 578 g/mol. The molecule has 0 heterocycles. The van der Waals surface area contributed by atoms with Crippen LogP contribution < -0.4 is 0 Å². The Balaban J connectivity index is 4.43. The van der Waals surface area contributed by atoms with Gasteiger partial charge in [0.15, 0.2) is 0 Å². The first-order valence-corrected chi connectivity index (χ1v) is 19.3. The molecule has 0 aliphatic rings. The molecular formula is C39H74NO6+. The Kier molecular flexibility index (Phi) is 28.1. The molecule has 0 amide bonds. The maximum Gasteiger partial charge on any atom is 0.312 e. The molecule has 46 heavy (non-hydrogen) atoms. The Bertz CT molecular complexity index is 738. The molecule has 3 unspecified atom stereocenters. The van der Waals surface area contributed by atoms with Crippen molar-refractivity contribution in [2.45, 2.75) is 175 Å². The van der Waals surface area contributed by atoms with E-state index < -0.39 is 35.7 Å². The largest absolute Gasteiger partial charge is 0.481 e. The lowest BCUT2D eigenvalue weighted by atomic mass is 9.95. The van der Waals surface area contributed by atoms with E-state index in [9.17, 15) is 29.7 Å². The summed E-state index contributed by atoms with van der Waals surface area (Å²) in [5.74, 6) is -4.51. The summed E-state index contributed by atoms with van der Waals surface area (Å²) in [6.07, 6.45) is 31.4. The van der Waals surface area contributed by atoms with Gasteiger partial charge in [0.1, 0.15) is 17.8 Å². The highest BCUT2D eigenvalue weighted by molar-refractivity contribution is 5.71. The Morgan fingerprint density at radius 3 is 1.02 bits per heavy atom. The highest BCUT2D eigenvalue weighted by atomic mass is 16.4. The molecule has 0 aromatic carbocycles. The van der Waals surface area contributed by atoms with E-state index in [1.165, 1.54) is 109 Å². The second-order valence-corrected chi connectivity index (χ2v) is 14.0. The van der Waals surface area contributed by atoms with Gasteiger partial charge in [-0.3, -0.25) is 14.4 Å². The number of nitrogens with zero attached hydrogens (tertiary/aromatic N) is 1. The van der Waals surface area contributed by atoms with Crippen molar-refractivity contribution in [1.82, 2.24) is 0 Å². The van der Waals surface area contributed by atoms with Crippen LogP contribution in [0.25, 0.3) is 0 Å². The second-order valence-electron chi connectivity index (χ2n) is 14.0. The first-order valence-electron chi connectivity index (χ1n) is 19.3. The van der Waals surface area contributed by atoms with Gasteiger partial charge in [0.2, 0.25) is 0 Å². The monoisotopic (exact) mass is 653 g/mol. The van der Waals surface area contributed by atoms with Gasteiger partial charge in [-0.05, 0) is 57.8 Å². The van der Waals surface area contributed by atoms with Gasteiger partial charge < -0.3 is 19.8 Å². The summed E-state index contributed by atoms with van der Waals surface area (Å²) in [6.45, 7) is 9.28. The van der Waals surface area contributed by atoms with Crippen molar-refractivity contribution in [2.24, 2.45) is 17.8 Å². The predicted octanol–water partition coefficient (Wildman–Crippen LogP) is 10.5. The molecule has 270 valence electrons. The molecule has 0 aliphatic carbocycles. The fraction of sp³-hybridized carbons (Fsp3) is 0.872. The molecule has 0 radical (unpaired) electrons. The van der Waals surface area contributed by atoms with Gasteiger partial charge >= 0.3 is 17.9 Å². The quantitative estimate of drug-likeness (QED) is 0.0362. The number of allylic oxidation sites excluding steroid dienone is 2. The SMILES string of the molecule is CCCCCCCC/C=C/CCCCCCCCCCCCCC[N+](CC(CC)C(=O)O)(CC(CC)C(=O)O)CC(CC)C(=O)O. The van der Waals surface area contributed by atoms with Crippen LogP contribution in [0.5, 0.6) is 0 Å². The molecule has 7 heteroatoms. The zero-order valence-electron chi connectivity index (χ0n) is 30.5. The summed E-state index contributed by atoms with van der Waals surface area (Å²) >= 11 is 0. The molecule has 0 saturated carbocycles. The van der Waals surface area contributed by atoms with Gasteiger partial charge in [0.05, 0.1) is 26.2 Å². The minimum Gasteiger partial charge on any atom is -0.481 e. The van der Waals surface area contributed by atoms with Crippen molar-refractivity contribution < 1.29 is 34.2 Å². The summed E-state index contributed by atoms with van der Waals surface area (Å²) in [5, 5.41) is 29.5. The molecule has 0 rings (SSSR count). The molecule has 3 N–H and O–H groups in total. The van der Waals surface area contributed by atoms with Crippen molar-refractivity contribution in [3.05, 3.63) is 12.2 Å². The maximum atomic E-state index is 12.0. The highest BCUT2D eigenvalue weighted by Gasteiger charge is 2.40.